The molecule has 1 saturated heterocycles. The SMILES string of the molecule is COC(=O)[C@@H]1C[C@H](n2cc(-c3ccccc3)nn2)CN1c1nc2c(cc1F)c(=O)c(C(=O)O)cn2C1CC1. The summed E-state index contributed by atoms with van der Waals surface area (Å²) in [6.07, 6.45) is 4.90. The number of benzene rings is 1. The maximum Gasteiger partial charge on any atom is 0.341 e. The first-order valence-corrected chi connectivity index (χ1v) is 12.2. The Balaban J connectivity index is 1.42. The second kappa shape index (κ2) is 9.05. The molecular formula is C26H23FN6O5. The third kappa shape index (κ3) is 3.98. The average Bonchev–Trinajstić information content (AvgIpc) is 3.47. The van der Waals surface area contributed by atoms with E-state index in [1.54, 1.807) is 15.4 Å². The molecule has 0 radical (unpaired) electrons. The summed E-state index contributed by atoms with van der Waals surface area (Å²) in [5, 5.41) is 17.9. The van der Waals surface area contributed by atoms with Gasteiger partial charge in [-0.05, 0) is 18.9 Å². The summed E-state index contributed by atoms with van der Waals surface area (Å²) < 4.78 is 23.8. The summed E-state index contributed by atoms with van der Waals surface area (Å²) in [6, 6.07) is 9.31. The predicted molar refractivity (Wildman–Crippen MR) is 133 cm³/mol. The van der Waals surface area contributed by atoms with Crippen molar-refractivity contribution < 1.29 is 23.8 Å². The molecule has 2 fully saturated rings. The number of carbonyl (C=O) groups excluding carboxylic acids is 1. The lowest BCUT2D eigenvalue weighted by Gasteiger charge is -2.24. The van der Waals surface area contributed by atoms with Crippen molar-refractivity contribution in [3.63, 3.8) is 0 Å². The van der Waals surface area contributed by atoms with Gasteiger partial charge < -0.3 is 19.3 Å². The molecule has 0 bridgehead atoms. The van der Waals surface area contributed by atoms with Crippen molar-refractivity contribution in [2.24, 2.45) is 0 Å². The van der Waals surface area contributed by atoms with E-state index in [4.69, 9.17) is 4.74 Å². The third-order valence-corrected chi connectivity index (χ3v) is 7.09. The predicted octanol–water partition coefficient (Wildman–Crippen LogP) is 2.82. The Hall–Kier alpha value is -4.61. The van der Waals surface area contributed by atoms with E-state index >= 15 is 4.39 Å². The van der Waals surface area contributed by atoms with Crippen LogP contribution in [-0.4, -0.2) is 61.3 Å². The molecule has 4 heterocycles. The van der Waals surface area contributed by atoms with E-state index < -0.39 is 34.8 Å². The zero-order chi connectivity index (χ0) is 26.6. The first kappa shape index (κ1) is 23.8. The number of hydrogen-bond donors (Lipinski definition) is 1. The Morgan fingerprint density at radius 2 is 1.89 bits per heavy atom. The zero-order valence-corrected chi connectivity index (χ0v) is 20.3. The van der Waals surface area contributed by atoms with Crippen LogP contribution in [-0.2, 0) is 9.53 Å². The average molecular weight is 519 g/mol. The van der Waals surface area contributed by atoms with Gasteiger partial charge in [0.25, 0.3) is 0 Å². The number of methoxy groups -OCH3 is 1. The zero-order valence-electron chi connectivity index (χ0n) is 20.3. The molecule has 1 aromatic carbocycles. The molecule has 0 unspecified atom stereocenters. The van der Waals surface area contributed by atoms with E-state index in [-0.39, 0.29) is 41.9 Å². The smallest absolute Gasteiger partial charge is 0.341 e. The van der Waals surface area contributed by atoms with E-state index in [0.717, 1.165) is 24.5 Å². The Kier molecular flexibility index (Phi) is 5.66. The Bertz CT molecular complexity index is 1630. The number of rotatable bonds is 6. The molecule has 6 rings (SSSR count). The normalized spacial score (nSPS) is 19.2. The van der Waals surface area contributed by atoms with Crippen molar-refractivity contribution in [2.75, 3.05) is 18.6 Å². The van der Waals surface area contributed by atoms with Gasteiger partial charge in [0.05, 0.1) is 24.7 Å². The number of ether oxygens (including phenoxy) is 1. The highest BCUT2D eigenvalue weighted by Crippen LogP contribution is 2.38. The quantitative estimate of drug-likeness (QED) is 0.383. The fraction of sp³-hybridized carbons (Fsp3) is 0.308. The van der Waals surface area contributed by atoms with Crippen LogP contribution in [0.3, 0.4) is 0 Å². The number of esters is 1. The molecule has 38 heavy (non-hydrogen) atoms. The number of anilines is 1. The number of aromatic carboxylic acids is 1. The van der Waals surface area contributed by atoms with Crippen LogP contribution >= 0.6 is 0 Å². The number of aromatic nitrogens is 5. The van der Waals surface area contributed by atoms with Crippen molar-refractivity contribution in [3.8, 4) is 11.3 Å². The molecule has 2 aliphatic rings. The van der Waals surface area contributed by atoms with Gasteiger partial charge in [0.1, 0.15) is 22.9 Å². The highest BCUT2D eigenvalue weighted by Gasteiger charge is 2.41. The van der Waals surface area contributed by atoms with E-state index in [2.05, 4.69) is 15.3 Å². The number of pyridine rings is 2. The molecule has 2 atom stereocenters. The van der Waals surface area contributed by atoms with Gasteiger partial charge in [0.15, 0.2) is 11.6 Å². The van der Waals surface area contributed by atoms with Crippen LogP contribution in [0.15, 0.2) is 53.6 Å². The summed E-state index contributed by atoms with van der Waals surface area (Å²) in [4.78, 5) is 43.2. The van der Waals surface area contributed by atoms with Crippen molar-refractivity contribution in [1.29, 1.82) is 0 Å². The van der Waals surface area contributed by atoms with Crippen LogP contribution in [0, 0.1) is 5.82 Å². The van der Waals surface area contributed by atoms with Crippen molar-refractivity contribution in [1.82, 2.24) is 24.5 Å². The van der Waals surface area contributed by atoms with Crippen LogP contribution in [0.1, 0.15) is 41.7 Å². The van der Waals surface area contributed by atoms with Gasteiger partial charge >= 0.3 is 11.9 Å². The van der Waals surface area contributed by atoms with Crippen molar-refractivity contribution in [3.05, 3.63) is 70.4 Å². The third-order valence-electron chi connectivity index (χ3n) is 7.09. The van der Waals surface area contributed by atoms with Crippen LogP contribution in [0.5, 0.6) is 0 Å². The lowest BCUT2D eigenvalue weighted by molar-refractivity contribution is -0.142. The molecule has 1 saturated carbocycles. The van der Waals surface area contributed by atoms with Gasteiger partial charge in [0, 0.05) is 30.8 Å². The first-order chi connectivity index (χ1) is 18.4. The van der Waals surface area contributed by atoms with Crippen LogP contribution in [0.25, 0.3) is 22.3 Å². The summed E-state index contributed by atoms with van der Waals surface area (Å²) in [5.74, 6) is -2.89. The largest absolute Gasteiger partial charge is 0.477 e. The van der Waals surface area contributed by atoms with E-state index in [0.29, 0.717) is 5.69 Å². The maximum absolute atomic E-state index is 15.5. The van der Waals surface area contributed by atoms with Gasteiger partial charge in [-0.1, -0.05) is 35.5 Å². The molecule has 3 aromatic heterocycles. The fourth-order valence-electron chi connectivity index (χ4n) is 5.02. The molecule has 0 spiro atoms. The molecule has 11 nitrogen and oxygen atoms in total. The lowest BCUT2D eigenvalue weighted by Crippen LogP contribution is -2.38. The molecular weight excluding hydrogens is 495 g/mol. The minimum atomic E-state index is -1.38. The van der Waals surface area contributed by atoms with Crippen molar-refractivity contribution >= 4 is 28.8 Å². The standard InChI is InChI=1S/C26H23FN6O5/c1-38-26(37)21-9-16(33-13-20(29-30-33)14-5-3-2-4-6-14)11-32(21)24-19(27)10-17-22(34)18(25(35)36)12-31(15-7-8-15)23(17)28-24/h2-6,10,12-13,15-16,21H,7-9,11H2,1H3,(H,35,36)/t16-,21-/m0/s1. The van der Waals surface area contributed by atoms with Gasteiger partial charge in [-0.3, -0.25) is 4.79 Å². The monoisotopic (exact) mass is 518 g/mol. The maximum atomic E-state index is 15.5. The van der Waals surface area contributed by atoms with Crippen LogP contribution < -0.4 is 10.3 Å². The number of nitrogens with zero attached hydrogens (tertiary/aromatic N) is 6. The van der Waals surface area contributed by atoms with Gasteiger partial charge in [-0.25, -0.2) is 23.6 Å². The minimum Gasteiger partial charge on any atom is -0.477 e. The van der Waals surface area contributed by atoms with E-state index in [1.165, 1.54) is 18.2 Å². The highest BCUT2D eigenvalue weighted by molar-refractivity contribution is 5.92. The summed E-state index contributed by atoms with van der Waals surface area (Å²) in [6.45, 7) is 0.188. The molecule has 1 aliphatic carbocycles. The Morgan fingerprint density at radius 1 is 1.13 bits per heavy atom. The second-order valence-electron chi connectivity index (χ2n) is 9.51. The molecule has 12 heteroatoms. The number of hydrogen-bond acceptors (Lipinski definition) is 8. The number of carbonyl (C=O) groups is 2. The number of halogens is 1. The van der Waals surface area contributed by atoms with Crippen LogP contribution in [0.2, 0.25) is 0 Å². The highest BCUT2D eigenvalue weighted by atomic mass is 19.1. The second-order valence-corrected chi connectivity index (χ2v) is 9.51. The molecule has 1 aliphatic heterocycles. The summed E-state index contributed by atoms with van der Waals surface area (Å²) >= 11 is 0. The number of carboxylic acid groups (broad SMARTS) is 1. The Labute approximate surface area is 215 Å². The minimum absolute atomic E-state index is 0.0312. The van der Waals surface area contributed by atoms with E-state index in [9.17, 15) is 19.5 Å². The molecule has 1 N–H and O–H groups in total. The molecule has 4 aromatic rings. The van der Waals surface area contributed by atoms with Gasteiger partial charge in [-0.2, -0.15) is 0 Å². The lowest BCUT2D eigenvalue weighted by atomic mass is 10.1. The number of carboxylic acids is 1. The van der Waals surface area contributed by atoms with E-state index in [1.807, 2.05) is 30.3 Å². The first-order valence-electron chi connectivity index (χ1n) is 12.2. The van der Waals surface area contributed by atoms with Gasteiger partial charge in [-0.15, -0.1) is 5.10 Å². The summed E-state index contributed by atoms with van der Waals surface area (Å²) in [5.41, 5.74) is 0.489. The van der Waals surface area contributed by atoms with Crippen LogP contribution in [0.4, 0.5) is 10.2 Å². The fourth-order valence-corrected chi connectivity index (χ4v) is 5.02. The van der Waals surface area contributed by atoms with Gasteiger partial charge in [0.2, 0.25) is 5.43 Å². The molecule has 0 amide bonds. The topological polar surface area (TPSA) is 132 Å². The summed E-state index contributed by atoms with van der Waals surface area (Å²) in [7, 11) is 1.26. The Morgan fingerprint density at radius 3 is 2.58 bits per heavy atom. The number of fused-ring (bicyclic) bond motifs is 1. The van der Waals surface area contributed by atoms with Crippen molar-refractivity contribution in [2.45, 2.75) is 37.4 Å². The molecule has 194 valence electrons.